The Labute approximate surface area is 104 Å². The fraction of sp³-hybridized carbons (Fsp3) is 0.250. The molecule has 2 rings (SSSR count). The van der Waals surface area contributed by atoms with Crippen molar-refractivity contribution < 1.29 is 0 Å². The molecule has 1 atom stereocenters. The monoisotopic (exact) mass is 244 g/mol. The predicted molar refractivity (Wildman–Crippen MR) is 67.8 cm³/mol. The fourth-order valence-corrected chi connectivity index (χ4v) is 2.32. The molecule has 5 heteroatoms. The first-order valence-corrected chi connectivity index (χ1v) is 6.05. The minimum absolute atomic E-state index is 0.191. The van der Waals surface area contributed by atoms with Gasteiger partial charge in [0.2, 0.25) is 0 Å². The van der Waals surface area contributed by atoms with E-state index in [1.807, 2.05) is 6.07 Å². The van der Waals surface area contributed by atoms with Gasteiger partial charge in [0.05, 0.1) is 18.4 Å². The lowest BCUT2D eigenvalue weighted by Gasteiger charge is -2.12. The summed E-state index contributed by atoms with van der Waals surface area (Å²) in [5.41, 5.74) is 0.329. The van der Waals surface area contributed by atoms with Crippen molar-refractivity contribution in [2.45, 2.75) is 19.9 Å². The minimum atomic E-state index is 0.191. The number of nitrogens with zero attached hydrogens (tertiary/aromatic N) is 3. The van der Waals surface area contributed by atoms with E-state index in [2.05, 4.69) is 41.3 Å². The molecule has 0 aliphatic rings. The number of nitrogens with one attached hydrogen (secondary N) is 1. The number of thiophene rings is 1. The topological polar surface area (TPSA) is 61.6 Å². The van der Waals surface area contributed by atoms with Crippen LogP contribution >= 0.6 is 11.3 Å². The quantitative estimate of drug-likeness (QED) is 0.901. The Bertz CT molecular complexity index is 538. The highest BCUT2D eigenvalue weighted by molar-refractivity contribution is 7.12. The summed E-state index contributed by atoms with van der Waals surface area (Å²) in [6.07, 6.45) is 3.05. The van der Waals surface area contributed by atoms with Gasteiger partial charge in [-0.1, -0.05) is 0 Å². The van der Waals surface area contributed by atoms with Gasteiger partial charge in [0, 0.05) is 9.75 Å². The van der Waals surface area contributed by atoms with E-state index in [4.69, 9.17) is 5.26 Å². The third-order valence-corrected chi connectivity index (χ3v) is 3.50. The molecule has 0 bridgehead atoms. The molecule has 2 heterocycles. The highest BCUT2D eigenvalue weighted by Gasteiger charge is 2.08. The fourth-order valence-electron chi connectivity index (χ4n) is 1.44. The van der Waals surface area contributed by atoms with Crippen LogP contribution in [0.3, 0.4) is 0 Å². The second-order valence-electron chi connectivity index (χ2n) is 3.71. The standard InChI is InChI=1S/C12H12N4S/c1-8-3-4-11(17-8)9(2)16-12-7-14-10(5-13)6-15-12/h3-4,6-7,9H,1-2H3,(H,15,16). The number of aryl methyl sites for hydroxylation is 1. The van der Waals surface area contributed by atoms with E-state index in [0.29, 0.717) is 11.5 Å². The number of hydrogen-bond acceptors (Lipinski definition) is 5. The van der Waals surface area contributed by atoms with Crippen molar-refractivity contribution in [3.05, 3.63) is 40.0 Å². The van der Waals surface area contributed by atoms with Crippen LogP contribution in [-0.2, 0) is 0 Å². The van der Waals surface area contributed by atoms with E-state index >= 15 is 0 Å². The zero-order valence-corrected chi connectivity index (χ0v) is 10.5. The Balaban J connectivity index is 2.08. The molecule has 0 amide bonds. The normalized spacial score (nSPS) is 11.8. The van der Waals surface area contributed by atoms with E-state index in [9.17, 15) is 0 Å². The Kier molecular flexibility index (Phi) is 3.35. The zero-order chi connectivity index (χ0) is 12.3. The van der Waals surface area contributed by atoms with Crippen LogP contribution in [0.2, 0.25) is 0 Å². The van der Waals surface area contributed by atoms with Crippen LogP contribution in [0.15, 0.2) is 24.5 Å². The van der Waals surface area contributed by atoms with Crippen molar-refractivity contribution in [1.82, 2.24) is 9.97 Å². The summed E-state index contributed by atoms with van der Waals surface area (Å²) in [4.78, 5) is 10.6. The zero-order valence-electron chi connectivity index (χ0n) is 9.64. The van der Waals surface area contributed by atoms with Crippen molar-refractivity contribution in [3.8, 4) is 6.07 Å². The summed E-state index contributed by atoms with van der Waals surface area (Å²) >= 11 is 1.76. The van der Waals surface area contributed by atoms with Crippen LogP contribution in [0.1, 0.15) is 28.4 Å². The van der Waals surface area contributed by atoms with Crippen molar-refractivity contribution in [1.29, 1.82) is 5.26 Å². The van der Waals surface area contributed by atoms with Gasteiger partial charge < -0.3 is 5.32 Å². The average Bonchev–Trinajstić information content (AvgIpc) is 2.77. The lowest BCUT2D eigenvalue weighted by molar-refractivity contribution is 0.891. The molecular formula is C12H12N4S. The molecule has 0 spiro atoms. The van der Waals surface area contributed by atoms with Gasteiger partial charge >= 0.3 is 0 Å². The van der Waals surface area contributed by atoms with E-state index in [-0.39, 0.29) is 6.04 Å². The van der Waals surface area contributed by atoms with Gasteiger partial charge in [0.1, 0.15) is 11.9 Å². The second-order valence-corrected chi connectivity index (χ2v) is 5.03. The van der Waals surface area contributed by atoms with E-state index in [1.165, 1.54) is 16.0 Å². The maximum atomic E-state index is 8.62. The summed E-state index contributed by atoms with van der Waals surface area (Å²) in [7, 11) is 0. The van der Waals surface area contributed by atoms with Gasteiger partial charge in [-0.05, 0) is 26.0 Å². The van der Waals surface area contributed by atoms with E-state index < -0.39 is 0 Å². The maximum absolute atomic E-state index is 8.62. The molecule has 0 fully saturated rings. The predicted octanol–water partition coefficient (Wildman–Crippen LogP) is 2.89. The van der Waals surface area contributed by atoms with Crippen LogP contribution in [0.25, 0.3) is 0 Å². The largest absolute Gasteiger partial charge is 0.361 e. The molecule has 4 nitrogen and oxygen atoms in total. The third kappa shape index (κ3) is 2.80. The molecule has 86 valence electrons. The third-order valence-electron chi connectivity index (χ3n) is 2.32. The molecule has 0 aromatic carbocycles. The van der Waals surface area contributed by atoms with Crippen LogP contribution < -0.4 is 5.32 Å². The molecular weight excluding hydrogens is 232 g/mol. The molecule has 2 aromatic heterocycles. The summed E-state index contributed by atoms with van der Waals surface area (Å²) in [5, 5.41) is 11.9. The Morgan fingerprint density at radius 1 is 1.35 bits per heavy atom. The first-order chi connectivity index (χ1) is 8.19. The Morgan fingerprint density at radius 3 is 2.71 bits per heavy atom. The van der Waals surface area contributed by atoms with Crippen LogP contribution in [0.4, 0.5) is 5.82 Å². The summed E-state index contributed by atoms with van der Waals surface area (Å²) < 4.78 is 0. The highest BCUT2D eigenvalue weighted by atomic mass is 32.1. The van der Waals surface area contributed by atoms with Gasteiger partial charge in [-0.2, -0.15) is 5.26 Å². The summed E-state index contributed by atoms with van der Waals surface area (Å²) in [6.45, 7) is 4.16. The van der Waals surface area contributed by atoms with Crippen molar-refractivity contribution in [2.24, 2.45) is 0 Å². The number of hydrogen-bond donors (Lipinski definition) is 1. The van der Waals surface area contributed by atoms with Gasteiger partial charge in [-0.3, -0.25) is 0 Å². The Morgan fingerprint density at radius 2 is 2.18 bits per heavy atom. The first kappa shape index (κ1) is 11.6. The molecule has 0 aliphatic carbocycles. The molecule has 2 aromatic rings. The van der Waals surface area contributed by atoms with Gasteiger partial charge in [-0.15, -0.1) is 11.3 Å². The Hall–Kier alpha value is -1.93. The lowest BCUT2D eigenvalue weighted by Crippen LogP contribution is -2.06. The molecule has 1 unspecified atom stereocenters. The van der Waals surface area contributed by atoms with Crippen molar-refractivity contribution >= 4 is 17.2 Å². The first-order valence-electron chi connectivity index (χ1n) is 5.24. The number of nitriles is 1. The van der Waals surface area contributed by atoms with Crippen molar-refractivity contribution in [3.63, 3.8) is 0 Å². The van der Waals surface area contributed by atoms with Crippen LogP contribution in [-0.4, -0.2) is 9.97 Å². The highest BCUT2D eigenvalue weighted by Crippen LogP contribution is 2.24. The van der Waals surface area contributed by atoms with Gasteiger partial charge in [-0.25, -0.2) is 9.97 Å². The molecule has 0 saturated carbocycles. The van der Waals surface area contributed by atoms with E-state index in [1.54, 1.807) is 17.5 Å². The van der Waals surface area contributed by atoms with Gasteiger partial charge in [0.25, 0.3) is 0 Å². The smallest absolute Gasteiger partial charge is 0.158 e. The maximum Gasteiger partial charge on any atom is 0.158 e. The van der Waals surface area contributed by atoms with Gasteiger partial charge in [0.15, 0.2) is 5.69 Å². The molecule has 1 N–H and O–H groups in total. The minimum Gasteiger partial charge on any atom is -0.361 e. The number of anilines is 1. The molecule has 0 saturated heterocycles. The number of rotatable bonds is 3. The van der Waals surface area contributed by atoms with E-state index in [0.717, 1.165) is 0 Å². The van der Waals surface area contributed by atoms with Crippen molar-refractivity contribution in [2.75, 3.05) is 5.32 Å². The summed E-state index contributed by atoms with van der Waals surface area (Å²) in [6, 6.07) is 6.34. The number of aromatic nitrogens is 2. The molecule has 0 aliphatic heterocycles. The molecule has 17 heavy (non-hydrogen) atoms. The van der Waals surface area contributed by atoms with Crippen LogP contribution in [0.5, 0.6) is 0 Å². The second kappa shape index (κ2) is 4.93. The van der Waals surface area contributed by atoms with Crippen LogP contribution in [0, 0.1) is 18.3 Å². The molecule has 0 radical (unpaired) electrons. The SMILES string of the molecule is Cc1ccc(C(C)Nc2cnc(C#N)cn2)s1. The lowest BCUT2D eigenvalue weighted by atomic mass is 10.3. The summed E-state index contributed by atoms with van der Waals surface area (Å²) in [5.74, 6) is 0.683. The average molecular weight is 244 g/mol.